The predicted octanol–water partition coefficient (Wildman–Crippen LogP) is 1.89. The van der Waals surface area contributed by atoms with Crippen LogP contribution in [-0.4, -0.2) is 35.5 Å². The average molecular weight is 273 g/mol. The van der Waals surface area contributed by atoms with E-state index in [0.29, 0.717) is 6.04 Å². The van der Waals surface area contributed by atoms with Crippen molar-refractivity contribution in [1.82, 2.24) is 4.90 Å². The number of rotatable bonds is 3. The minimum Gasteiger partial charge on any atom is -0.382 e. The molecule has 3 N–H and O–H groups in total. The second-order valence-corrected chi connectivity index (χ2v) is 6.24. The molecule has 0 atom stereocenters. The third kappa shape index (κ3) is 2.80. The van der Waals surface area contributed by atoms with Gasteiger partial charge < -0.3 is 16.0 Å². The molecule has 0 spiro atoms. The van der Waals surface area contributed by atoms with Gasteiger partial charge in [0.05, 0.1) is 5.54 Å². The maximum Gasteiger partial charge on any atom is 0.242 e. The van der Waals surface area contributed by atoms with Crippen LogP contribution in [0.5, 0.6) is 0 Å². The molecular formula is C16H23N3O. The largest absolute Gasteiger partial charge is 0.382 e. The van der Waals surface area contributed by atoms with Gasteiger partial charge in [-0.1, -0.05) is 12.1 Å². The van der Waals surface area contributed by atoms with E-state index in [1.165, 1.54) is 11.3 Å². The number of piperidine rings is 1. The Morgan fingerprint density at radius 2 is 2.05 bits per heavy atom. The summed E-state index contributed by atoms with van der Waals surface area (Å²) in [6.45, 7) is 3.74. The Kier molecular flexibility index (Phi) is 3.42. The molecule has 20 heavy (non-hydrogen) atoms. The number of carbonyl (C=O) groups excluding carboxylic acids is 1. The van der Waals surface area contributed by atoms with Crippen molar-refractivity contribution < 1.29 is 4.79 Å². The van der Waals surface area contributed by atoms with E-state index in [1.807, 2.05) is 4.90 Å². The highest BCUT2D eigenvalue weighted by atomic mass is 16.2. The molecule has 0 unspecified atom stereocenters. The van der Waals surface area contributed by atoms with Crippen LogP contribution in [0.15, 0.2) is 24.3 Å². The molecule has 1 aromatic carbocycles. The number of likely N-dealkylation sites (tertiary alicyclic amines) is 1. The van der Waals surface area contributed by atoms with Crippen molar-refractivity contribution in [2.75, 3.05) is 18.4 Å². The van der Waals surface area contributed by atoms with Crippen LogP contribution in [0, 0.1) is 6.92 Å². The SMILES string of the molecule is Cc1cccc(NC2CCN(C(=O)C3(N)CC3)CC2)c1. The molecule has 2 fully saturated rings. The van der Waals surface area contributed by atoms with Gasteiger partial charge >= 0.3 is 0 Å². The van der Waals surface area contributed by atoms with E-state index in [2.05, 4.69) is 36.5 Å². The molecule has 1 heterocycles. The number of nitrogens with one attached hydrogen (secondary N) is 1. The van der Waals surface area contributed by atoms with E-state index < -0.39 is 5.54 Å². The summed E-state index contributed by atoms with van der Waals surface area (Å²) in [4.78, 5) is 14.1. The van der Waals surface area contributed by atoms with Crippen molar-refractivity contribution in [3.05, 3.63) is 29.8 Å². The summed E-state index contributed by atoms with van der Waals surface area (Å²) in [7, 11) is 0. The Morgan fingerprint density at radius 3 is 2.65 bits per heavy atom. The molecule has 0 bridgehead atoms. The van der Waals surface area contributed by atoms with E-state index in [9.17, 15) is 4.79 Å². The van der Waals surface area contributed by atoms with Crippen LogP contribution in [0.1, 0.15) is 31.2 Å². The Hall–Kier alpha value is -1.55. The van der Waals surface area contributed by atoms with Crippen LogP contribution < -0.4 is 11.1 Å². The van der Waals surface area contributed by atoms with Gasteiger partial charge in [-0.2, -0.15) is 0 Å². The third-order valence-electron chi connectivity index (χ3n) is 4.39. The van der Waals surface area contributed by atoms with Gasteiger partial charge in [0.1, 0.15) is 0 Å². The molecule has 2 aliphatic rings. The van der Waals surface area contributed by atoms with Crippen LogP contribution in [0.4, 0.5) is 5.69 Å². The zero-order valence-electron chi connectivity index (χ0n) is 12.1. The van der Waals surface area contributed by atoms with Crippen molar-refractivity contribution in [2.45, 2.75) is 44.2 Å². The Morgan fingerprint density at radius 1 is 1.35 bits per heavy atom. The molecule has 1 amide bonds. The fourth-order valence-corrected chi connectivity index (χ4v) is 2.86. The molecule has 108 valence electrons. The van der Waals surface area contributed by atoms with Gasteiger partial charge in [-0.25, -0.2) is 0 Å². The number of nitrogens with zero attached hydrogens (tertiary/aromatic N) is 1. The lowest BCUT2D eigenvalue weighted by Gasteiger charge is -2.34. The number of hydrogen-bond donors (Lipinski definition) is 2. The zero-order valence-corrected chi connectivity index (χ0v) is 12.1. The van der Waals surface area contributed by atoms with Gasteiger partial charge in [0.15, 0.2) is 0 Å². The second kappa shape index (κ2) is 5.09. The fourth-order valence-electron chi connectivity index (χ4n) is 2.86. The highest BCUT2D eigenvalue weighted by Crippen LogP contribution is 2.35. The predicted molar refractivity (Wildman–Crippen MR) is 80.6 cm³/mol. The molecule has 1 aliphatic heterocycles. The van der Waals surface area contributed by atoms with Crippen molar-refractivity contribution in [3.63, 3.8) is 0 Å². The van der Waals surface area contributed by atoms with Crippen molar-refractivity contribution >= 4 is 11.6 Å². The van der Waals surface area contributed by atoms with E-state index in [0.717, 1.165) is 38.8 Å². The molecule has 3 rings (SSSR count). The molecule has 0 aromatic heterocycles. The summed E-state index contributed by atoms with van der Waals surface area (Å²) in [5.74, 6) is 0.159. The first kappa shape index (κ1) is 13.4. The standard InChI is InChI=1S/C16H23N3O/c1-12-3-2-4-14(11-12)18-13-5-9-19(10-6-13)15(20)16(17)7-8-16/h2-4,11,13,18H,5-10,17H2,1H3. The minimum atomic E-state index is -0.517. The van der Waals surface area contributed by atoms with E-state index >= 15 is 0 Å². The molecule has 0 radical (unpaired) electrons. The normalized spacial score (nSPS) is 21.6. The van der Waals surface area contributed by atoms with Gasteiger partial charge in [0.2, 0.25) is 5.91 Å². The summed E-state index contributed by atoms with van der Waals surface area (Å²) in [5, 5.41) is 3.57. The molecule has 1 aliphatic carbocycles. The summed E-state index contributed by atoms with van der Waals surface area (Å²) in [6.07, 6.45) is 3.70. The Balaban J connectivity index is 1.52. The first-order valence-corrected chi connectivity index (χ1v) is 7.48. The number of carbonyl (C=O) groups is 1. The monoisotopic (exact) mass is 273 g/mol. The van der Waals surface area contributed by atoms with E-state index in [4.69, 9.17) is 5.73 Å². The first-order valence-electron chi connectivity index (χ1n) is 7.48. The van der Waals surface area contributed by atoms with Gasteiger partial charge in [0, 0.05) is 24.8 Å². The molecule has 4 nitrogen and oxygen atoms in total. The lowest BCUT2D eigenvalue weighted by Crippen LogP contribution is -2.50. The van der Waals surface area contributed by atoms with E-state index in [1.54, 1.807) is 0 Å². The fraction of sp³-hybridized carbons (Fsp3) is 0.562. The molecule has 1 aromatic rings. The molecule has 1 saturated carbocycles. The first-order chi connectivity index (χ1) is 9.57. The quantitative estimate of drug-likeness (QED) is 0.884. The smallest absolute Gasteiger partial charge is 0.242 e. The topological polar surface area (TPSA) is 58.4 Å². The van der Waals surface area contributed by atoms with E-state index in [-0.39, 0.29) is 5.91 Å². The van der Waals surface area contributed by atoms with Crippen LogP contribution in [-0.2, 0) is 4.79 Å². The maximum absolute atomic E-state index is 12.2. The lowest BCUT2D eigenvalue weighted by atomic mass is 10.0. The number of aryl methyl sites for hydroxylation is 1. The van der Waals surface area contributed by atoms with Crippen molar-refractivity contribution in [2.24, 2.45) is 5.73 Å². The van der Waals surface area contributed by atoms with Crippen molar-refractivity contribution in [3.8, 4) is 0 Å². The summed E-state index contributed by atoms with van der Waals surface area (Å²) >= 11 is 0. The zero-order chi connectivity index (χ0) is 14.2. The number of amides is 1. The molecule has 1 saturated heterocycles. The third-order valence-corrected chi connectivity index (χ3v) is 4.39. The van der Waals surface area contributed by atoms with Gasteiger partial charge in [-0.05, 0) is 50.3 Å². The van der Waals surface area contributed by atoms with Gasteiger partial charge in [0.25, 0.3) is 0 Å². The average Bonchev–Trinajstić information content (AvgIpc) is 3.18. The number of anilines is 1. The number of benzene rings is 1. The highest BCUT2D eigenvalue weighted by Gasteiger charge is 2.48. The van der Waals surface area contributed by atoms with Gasteiger partial charge in [-0.15, -0.1) is 0 Å². The second-order valence-electron chi connectivity index (χ2n) is 6.24. The molecule has 4 heteroatoms. The number of nitrogens with two attached hydrogens (primary N) is 1. The highest BCUT2D eigenvalue weighted by molar-refractivity contribution is 5.89. The van der Waals surface area contributed by atoms with Crippen LogP contribution in [0.2, 0.25) is 0 Å². The van der Waals surface area contributed by atoms with Crippen LogP contribution in [0.3, 0.4) is 0 Å². The minimum absolute atomic E-state index is 0.159. The van der Waals surface area contributed by atoms with Crippen LogP contribution >= 0.6 is 0 Å². The van der Waals surface area contributed by atoms with Crippen molar-refractivity contribution in [1.29, 1.82) is 0 Å². The summed E-state index contributed by atoms with van der Waals surface area (Å²) < 4.78 is 0. The van der Waals surface area contributed by atoms with Gasteiger partial charge in [-0.3, -0.25) is 4.79 Å². The molecular weight excluding hydrogens is 250 g/mol. The Labute approximate surface area is 120 Å². The Bertz CT molecular complexity index is 502. The number of hydrogen-bond acceptors (Lipinski definition) is 3. The summed E-state index contributed by atoms with van der Waals surface area (Å²) in [5.41, 5.74) is 7.91. The van der Waals surface area contributed by atoms with Crippen LogP contribution in [0.25, 0.3) is 0 Å². The lowest BCUT2D eigenvalue weighted by molar-refractivity contribution is -0.134. The summed E-state index contributed by atoms with van der Waals surface area (Å²) in [6, 6.07) is 8.89. The maximum atomic E-state index is 12.2.